The number of hydrogen-bond donors (Lipinski definition) is 0. The van der Waals surface area contributed by atoms with Crippen molar-refractivity contribution in [2.45, 2.75) is 105 Å². The van der Waals surface area contributed by atoms with Crippen LogP contribution in [-0.4, -0.2) is 11.7 Å². The van der Waals surface area contributed by atoms with Gasteiger partial charge in [-0.2, -0.15) is 0 Å². The lowest BCUT2D eigenvalue weighted by molar-refractivity contribution is 0.589. The molecule has 6 aromatic carbocycles. The van der Waals surface area contributed by atoms with Crippen LogP contribution < -0.4 is 31.2 Å². The highest BCUT2D eigenvalue weighted by Crippen LogP contribution is 2.50. The van der Waals surface area contributed by atoms with Crippen molar-refractivity contribution in [3.8, 4) is 0 Å². The lowest BCUT2D eigenvalue weighted by atomic mass is 9.35. The van der Waals surface area contributed by atoms with Crippen molar-refractivity contribution in [1.29, 1.82) is 0 Å². The topological polar surface area (TPSA) is 22.6 Å². The molecule has 0 aliphatic carbocycles. The average Bonchev–Trinajstić information content (AvgIpc) is 3.64. The molecule has 9 rings (SSSR count). The Morgan fingerprint density at radius 3 is 1.38 bits per heavy atom. The van der Waals surface area contributed by atoms with Crippen LogP contribution in [0, 0.1) is 0 Å². The second-order valence-corrected chi connectivity index (χ2v) is 22.0. The van der Waals surface area contributed by atoms with Crippen LogP contribution in [0.3, 0.4) is 0 Å². The van der Waals surface area contributed by atoms with E-state index in [0.717, 1.165) is 38.5 Å². The third-order valence-corrected chi connectivity index (χ3v) is 13.6. The summed E-state index contributed by atoms with van der Waals surface area (Å²) in [5, 5.41) is 2.10. The summed E-state index contributed by atoms with van der Waals surface area (Å²) in [6, 6.07) is 52.1. The average molecular weight is 819 g/mol. The van der Waals surface area contributed by atoms with Crippen LogP contribution in [0.1, 0.15) is 105 Å². The number of para-hydroxylation sites is 2. The van der Waals surface area contributed by atoms with E-state index in [9.17, 15) is 0 Å². The molecule has 0 N–H and O–H groups in total. The van der Waals surface area contributed by atoms with Gasteiger partial charge in [0.2, 0.25) is 0 Å². The van der Waals surface area contributed by atoms with Crippen molar-refractivity contribution in [2.24, 2.45) is 0 Å². The fourth-order valence-corrected chi connectivity index (χ4v) is 10.1. The highest BCUT2D eigenvalue weighted by Gasteiger charge is 2.47. The van der Waals surface area contributed by atoms with E-state index in [1.807, 2.05) is 0 Å². The van der Waals surface area contributed by atoms with Gasteiger partial charge in [0, 0.05) is 39.8 Å². The lowest BCUT2D eigenvalue weighted by Crippen LogP contribution is -2.62. The molecule has 0 radical (unpaired) electrons. The number of benzene rings is 6. The number of nitrogens with zero attached hydrogens (tertiary/aromatic N) is 4. The molecule has 7 aromatic rings. The van der Waals surface area contributed by atoms with E-state index in [0.29, 0.717) is 0 Å². The number of hydrogen-bond acceptors (Lipinski definition) is 5. The van der Waals surface area contributed by atoms with E-state index < -0.39 is 0 Å². The Morgan fingerprint density at radius 2 is 0.902 bits per heavy atom. The van der Waals surface area contributed by atoms with Crippen molar-refractivity contribution in [1.82, 2.24) is 4.98 Å². The molecule has 0 bridgehead atoms. The number of aromatic nitrogens is 1. The molecule has 0 amide bonds. The summed E-state index contributed by atoms with van der Waals surface area (Å²) in [5.74, 6) is 0. The van der Waals surface area contributed by atoms with Gasteiger partial charge in [0.1, 0.15) is 5.00 Å². The van der Waals surface area contributed by atoms with Crippen LogP contribution in [0.2, 0.25) is 0 Å². The molecule has 2 aliphatic rings. The molecule has 2 aliphatic heterocycles. The minimum atomic E-state index is -0.114. The Labute approximate surface area is 369 Å². The minimum absolute atomic E-state index is 0.0308. The van der Waals surface area contributed by atoms with Gasteiger partial charge in [-0.1, -0.05) is 167 Å². The zero-order valence-electron chi connectivity index (χ0n) is 38.1. The zero-order chi connectivity index (χ0) is 43.2. The van der Waals surface area contributed by atoms with Gasteiger partial charge in [-0.05, 0) is 122 Å². The molecule has 0 spiro atoms. The van der Waals surface area contributed by atoms with Gasteiger partial charge < -0.3 is 9.80 Å². The van der Waals surface area contributed by atoms with Crippen LogP contribution in [0.4, 0.5) is 49.9 Å². The first kappa shape index (κ1) is 40.8. The summed E-state index contributed by atoms with van der Waals surface area (Å²) < 4.78 is 0. The molecule has 0 saturated heterocycles. The minimum Gasteiger partial charge on any atom is -0.311 e. The standard InChI is InChI=1S/C55H59BN4S/c1-52(2,3)36-23-28-42(29-24-36)59-45-32-27-38(54(7,8)9)33-44(45)56-48-46(59)34-39(55(10,11)12)35-47(48)60(43-30-25-37(26-31-43)53(4,5)6)50-49(56)57-51(61-50)58(40-19-15-13-16-20-40)41-21-17-14-18-22-41/h13-35H,1-12H3. The van der Waals surface area contributed by atoms with E-state index in [-0.39, 0.29) is 28.4 Å². The fraction of sp³-hybridized carbons (Fsp3) is 0.291. The van der Waals surface area contributed by atoms with Crippen molar-refractivity contribution < 1.29 is 0 Å². The Hall–Kier alpha value is -5.59. The van der Waals surface area contributed by atoms with Gasteiger partial charge in [0.25, 0.3) is 6.71 Å². The molecule has 61 heavy (non-hydrogen) atoms. The summed E-state index contributed by atoms with van der Waals surface area (Å²) in [5.41, 5.74) is 16.9. The first-order valence-corrected chi connectivity index (χ1v) is 22.7. The van der Waals surface area contributed by atoms with Gasteiger partial charge >= 0.3 is 0 Å². The Bertz CT molecular complexity index is 2690. The normalized spacial score (nSPS) is 13.8. The van der Waals surface area contributed by atoms with E-state index in [2.05, 4.69) is 237 Å². The van der Waals surface area contributed by atoms with Crippen LogP contribution in [0.5, 0.6) is 0 Å². The Kier molecular flexibility index (Phi) is 9.71. The predicted molar refractivity (Wildman–Crippen MR) is 266 cm³/mol. The van der Waals surface area contributed by atoms with Gasteiger partial charge in [-0.3, -0.25) is 4.90 Å². The van der Waals surface area contributed by atoms with Crippen molar-refractivity contribution >= 4 is 84.5 Å². The Balaban J connectivity index is 1.39. The summed E-state index contributed by atoms with van der Waals surface area (Å²) in [4.78, 5) is 13.2. The highest BCUT2D eigenvalue weighted by atomic mass is 32.1. The van der Waals surface area contributed by atoms with E-state index in [1.165, 1.54) is 50.2 Å². The molecule has 6 heteroatoms. The number of anilines is 9. The molecule has 0 saturated carbocycles. The Morgan fingerprint density at radius 1 is 0.459 bits per heavy atom. The maximum atomic E-state index is 5.85. The largest absolute Gasteiger partial charge is 0.311 e. The summed E-state index contributed by atoms with van der Waals surface area (Å²) >= 11 is 1.78. The molecule has 4 nitrogen and oxygen atoms in total. The van der Waals surface area contributed by atoms with Crippen LogP contribution in [0.15, 0.2) is 140 Å². The maximum Gasteiger partial charge on any atom is 0.276 e. The van der Waals surface area contributed by atoms with Crippen LogP contribution >= 0.6 is 11.3 Å². The lowest BCUT2D eigenvalue weighted by Gasteiger charge is -2.44. The van der Waals surface area contributed by atoms with E-state index in [4.69, 9.17) is 4.98 Å². The monoisotopic (exact) mass is 818 g/mol. The quantitative estimate of drug-likeness (QED) is 0.161. The fourth-order valence-electron chi connectivity index (χ4n) is 8.89. The van der Waals surface area contributed by atoms with Gasteiger partial charge in [0.05, 0.1) is 5.59 Å². The van der Waals surface area contributed by atoms with Crippen molar-refractivity contribution in [3.05, 3.63) is 162 Å². The molecule has 308 valence electrons. The highest BCUT2D eigenvalue weighted by molar-refractivity contribution is 7.23. The second kappa shape index (κ2) is 14.5. The first-order valence-electron chi connectivity index (χ1n) is 21.8. The van der Waals surface area contributed by atoms with Gasteiger partial charge in [-0.15, -0.1) is 0 Å². The van der Waals surface area contributed by atoms with Crippen molar-refractivity contribution in [3.63, 3.8) is 0 Å². The van der Waals surface area contributed by atoms with Gasteiger partial charge in [0.15, 0.2) is 5.13 Å². The third kappa shape index (κ3) is 7.27. The maximum absolute atomic E-state index is 5.85. The SMILES string of the molecule is CC(C)(C)c1ccc(N2c3ccc(C(C)(C)C)cc3B3c4nc(N(c5ccccc5)c5ccccc5)sc4N(c4ccc(C(C)(C)C)cc4)c4cc(C(C)(C)C)cc2c43)cc1. The van der Waals surface area contributed by atoms with Crippen LogP contribution in [0.25, 0.3) is 0 Å². The summed E-state index contributed by atoms with van der Waals surface area (Å²) in [6.07, 6.45) is 0. The molecular weight excluding hydrogens is 760 g/mol. The molecule has 1 aromatic heterocycles. The summed E-state index contributed by atoms with van der Waals surface area (Å²) in [6.45, 7) is 27.6. The smallest absolute Gasteiger partial charge is 0.276 e. The van der Waals surface area contributed by atoms with Gasteiger partial charge in [-0.25, -0.2) is 4.98 Å². The molecule has 3 heterocycles. The number of thiazole rings is 1. The molecule has 0 unspecified atom stereocenters. The number of rotatable bonds is 5. The molecule has 0 fully saturated rings. The number of fused-ring (bicyclic) bond motifs is 4. The van der Waals surface area contributed by atoms with Crippen molar-refractivity contribution in [2.75, 3.05) is 14.7 Å². The zero-order valence-corrected chi connectivity index (χ0v) is 38.9. The summed E-state index contributed by atoms with van der Waals surface area (Å²) in [7, 11) is 0. The third-order valence-electron chi connectivity index (χ3n) is 12.5. The molecular formula is C55H59BN4S. The van der Waals surface area contributed by atoms with Crippen LogP contribution in [-0.2, 0) is 21.7 Å². The second-order valence-electron chi connectivity index (χ2n) is 21.1. The van der Waals surface area contributed by atoms with E-state index >= 15 is 0 Å². The molecule has 0 atom stereocenters. The van der Waals surface area contributed by atoms with E-state index in [1.54, 1.807) is 11.3 Å². The first-order chi connectivity index (χ1) is 28.8. The predicted octanol–water partition coefficient (Wildman–Crippen LogP) is 13.9.